The van der Waals surface area contributed by atoms with E-state index < -0.39 is 5.97 Å². The molecule has 8 heteroatoms. The summed E-state index contributed by atoms with van der Waals surface area (Å²) in [6.45, 7) is 0. The fourth-order valence-electron chi connectivity index (χ4n) is 3.21. The molecule has 3 N–H and O–H groups in total. The van der Waals surface area contributed by atoms with Gasteiger partial charge in [0, 0.05) is 30.1 Å². The summed E-state index contributed by atoms with van der Waals surface area (Å²) < 4.78 is 1.44. The van der Waals surface area contributed by atoms with Crippen LogP contribution in [-0.2, 0) is 9.59 Å². The molecule has 0 saturated carbocycles. The summed E-state index contributed by atoms with van der Waals surface area (Å²) in [5.41, 5.74) is 2.51. The second-order valence-corrected chi connectivity index (χ2v) is 6.66. The molecule has 4 rings (SSSR count). The number of nitrogens with one attached hydrogen (secondary N) is 2. The van der Waals surface area contributed by atoms with Crippen LogP contribution in [0.15, 0.2) is 59.5 Å². The molecule has 0 spiro atoms. The molecule has 0 fully saturated rings. The summed E-state index contributed by atoms with van der Waals surface area (Å²) in [6, 6.07) is 14.4. The highest BCUT2D eigenvalue weighted by Crippen LogP contribution is 2.21. The van der Waals surface area contributed by atoms with Gasteiger partial charge in [0.1, 0.15) is 0 Å². The lowest BCUT2D eigenvalue weighted by molar-refractivity contribution is -0.137. The number of hydrogen-bond donors (Lipinski definition) is 3. The quantitative estimate of drug-likeness (QED) is 0.468. The molecule has 2 aromatic carbocycles. The first-order valence-electron chi connectivity index (χ1n) is 9.13. The monoisotopic (exact) mass is 390 g/mol. The molecular weight excluding hydrogens is 372 g/mol. The van der Waals surface area contributed by atoms with Crippen LogP contribution in [0.4, 0.5) is 5.69 Å². The SMILES string of the molecule is O=C(O)CCCC(=O)Nc1ccc(-n2[nH]c3c(cnc4ccccc43)c2=O)cc1. The van der Waals surface area contributed by atoms with Gasteiger partial charge in [0.25, 0.3) is 5.56 Å². The molecule has 0 atom stereocenters. The van der Waals surface area contributed by atoms with Gasteiger partial charge in [-0.25, -0.2) is 4.68 Å². The molecule has 0 unspecified atom stereocenters. The molecule has 4 aromatic rings. The highest BCUT2D eigenvalue weighted by Gasteiger charge is 2.12. The molecule has 29 heavy (non-hydrogen) atoms. The molecule has 8 nitrogen and oxygen atoms in total. The smallest absolute Gasteiger partial charge is 0.303 e. The minimum Gasteiger partial charge on any atom is -0.481 e. The maximum Gasteiger partial charge on any atom is 0.303 e. The minimum atomic E-state index is -0.922. The largest absolute Gasteiger partial charge is 0.481 e. The first kappa shape index (κ1) is 18.4. The molecule has 1 amide bonds. The number of pyridine rings is 1. The molecule has 0 aliphatic rings. The van der Waals surface area contributed by atoms with Gasteiger partial charge in [0.2, 0.25) is 5.91 Å². The number of aromatic amines is 1. The number of aromatic nitrogens is 3. The van der Waals surface area contributed by atoms with E-state index in [0.717, 1.165) is 16.4 Å². The fraction of sp³-hybridized carbons (Fsp3) is 0.143. The molecule has 2 heterocycles. The van der Waals surface area contributed by atoms with Gasteiger partial charge in [-0.3, -0.25) is 24.5 Å². The van der Waals surface area contributed by atoms with E-state index in [1.807, 2.05) is 24.3 Å². The summed E-state index contributed by atoms with van der Waals surface area (Å²) in [7, 11) is 0. The van der Waals surface area contributed by atoms with Crippen molar-refractivity contribution >= 4 is 39.4 Å². The normalized spacial score (nSPS) is 11.0. The molecule has 0 aliphatic carbocycles. The Morgan fingerprint density at radius 3 is 2.55 bits per heavy atom. The number of aliphatic carboxylic acids is 1. The Bertz CT molecular complexity index is 1270. The molecule has 0 radical (unpaired) electrons. The van der Waals surface area contributed by atoms with Gasteiger partial charge in [-0.1, -0.05) is 18.2 Å². The number of benzene rings is 2. The van der Waals surface area contributed by atoms with Crippen LogP contribution < -0.4 is 10.9 Å². The van der Waals surface area contributed by atoms with Crippen LogP contribution >= 0.6 is 0 Å². The van der Waals surface area contributed by atoms with E-state index in [4.69, 9.17) is 5.11 Å². The Morgan fingerprint density at radius 1 is 1.03 bits per heavy atom. The van der Waals surface area contributed by atoms with Crippen molar-refractivity contribution in [3.8, 4) is 5.69 Å². The van der Waals surface area contributed by atoms with E-state index in [9.17, 15) is 14.4 Å². The summed E-state index contributed by atoms with van der Waals surface area (Å²) in [6.07, 6.45) is 1.94. The zero-order valence-electron chi connectivity index (χ0n) is 15.4. The number of carbonyl (C=O) groups excluding carboxylic acids is 1. The predicted octanol–water partition coefficient (Wildman–Crippen LogP) is 3.06. The van der Waals surface area contributed by atoms with E-state index in [1.54, 1.807) is 30.5 Å². The molecule has 0 aliphatic heterocycles. The molecule has 146 valence electrons. The zero-order chi connectivity index (χ0) is 20.4. The lowest BCUT2D eigenvalue weighted by Crippen LogP contribution is -2.15. The van der Waals surface area contributed by atoms with Gasteiger partial charge >= 0.3 is 5.97 Å². The summed E-state index contributed by atoms with van der Waals surface area (Å²) in [4.78, 5) is 39.5. The third-order valence-electron chi connectivity index (χ3n) is 4.64. The Morgan fingerprint density at radius 2 is 1.79 bits per heavy atom. The van der Waals surface area contributed by atoms with Gasteiger partial charge in [0.15, 0.2) is 0 Å². The van der Waals surface area contributed by atoms with E-state index in [2.05, 4.69) is 15.4 Å². The number of fused-ring (bicyclic) bond motifs is 3. The molecule has 0 saturated heterocycles. The van der Waals surface area contributed by atoms with Crippen LogP contribution in [-0.4, -0.2) is 31.7 Å². The average Bonchev–Trinajstić information content (AvgIpc) is 3.05. The number of para-hydroxylation sites is 1. The minimum absolute atomic E-state index is 0.0425. The number of carboxylic acid groups (broad SMARTS) is 1. The number of hydrogen-bond acceptors (Lipinski definition) is 4. The number of H-pyrrole nitrogens is 1. The third-order valence-corrected chi connectivity index (χ3v) is 4.64. The van der Waals surface area contributed by atoms with Gasteiger partial charge in [-0.2, -0.15) is 0 Å². The predicted molar refractivity (Wildman–Crippen MR) is 109 cm³/mol. The van der Waals surface area contributed by atoms with Crippen molar-refractivity contribution in [2.75, 3.05) is 5.32 Å². The highest BCUT2D eigenvalue weighted by molar-refractivity contribution is 6.02. The van der Waals surface area contributed by atoms with E-state index in [1.165, 1.54) is 4.68 Å². The maximum absolute atomic E-state index is 12.8. The Kier molecular flexibility index (Phi) is 4.82. The van der Waals surface area contributed by atoms with Gasteiger partial charge in [0.05, 0.1) is 22.1 Å². The topological polar surface area (TPSA) is 117 Å². The summed E-state index contributed by atoms with van der Waals surface area (Å²) in [5.74, 6) is -1.17. The van der Waals surface area contributed by atoms with Crippen molar-refractivity contribution in [1.82, 2.24) is 14.8 Å². The summed E-state index contributed by atoms with van der Waals surface area (Å²) >= 11 is 0. The highest BCUT2D eigenvalue weighted by atomic mass is 16.4. The van der Waals surface area contributed by atoms with Crippen LogP contribution in [0.1, 0.15) is 19.3 Å². The van der Waals surface area contributed by atoms with E-state index in [-0.39, 0.29) is 30.7 Å². The third kappa shape index (κ3) is 3.73. The fourth-order valence-corrected chi connectivity index (χ4v) is 3.21. The molecule has 2 aromatic heterocycles. The van der Waals surface area contributed by atoms with Crippen molar-refractivity contribution in [1.29, 1.82) is 0 Å². The summed E-state index contributed by atoms with van der Waals surface area (Å²) in [5, 5.41) is 15.9. The zero-order valence-corrected chi connectivity index (χ0v) is 15.4. The Balaban J connectivity index is 1.58. The second kappa shape index (κ2) is 7.59. The first-order chi connectivity index (χ1) is 14.0. The lowest BCUT2D eigenvalue weighted by atomic mass is 10.2. The molecule has 0 bridgehead atoms. The number of anilines is 1. The van der Waals surface area contributed by atoms with Crippen LogP contribution in [0.2, 0.25) is 0 Å². The van der Waals surface area contributed by atoms with E-state index in [0.29, 0.717) is 16.8 Å². The Hall–Kier alpha value is -3.94. The van der Waals surface area contributed by atoms with Crippen LogP contribution in [0, 0.1) is 0 Å². The number of rotatable bonds is 6. The standard InChI is InChI=1S/C21H18N4O4/c26-18(6-3-7-19(27)28)23-13-8-10-14(11-9-13)25-21(29)16-12-22-17-5-2-1-4-15(17)20(16)24-25/h1-2,4-5,8-12,24H,3,6-7H2,(H,23,26)(H,27,28). The maximum atomic E-state index is 12.8. The number of carboxylic acids is 1. The van der Waals surface area contributed by atoms with Gasteiger partial charge in [-0.15, -0.1) is 0 Å². The second-order valence-electron chi connectivity index (χ2n) is 6.66. The number of amides is 1. The van der Waals surface area contributed by atoms with Gasteiger partial charge in [-0.05, 0) is 36.8 Å². The van der Waals surface area contributed by atoms with Crippen LogP contribution in [0.5, 0.6) is 0 Å². The van der Waals surface area contributed by atoms with Crippen molar-refractivity contribution in [2.24, 2.45) is 0 Å². The van der Waals surface area contributed by atoms with Crippen molar-refractivity contribution in [2.45, 2.75) is 19.3 Å². The van der Waals surface area contributed by atoms with Crippen molar-refractivity contribution in [3.05, 3.63) is 65.1 Å². The van der Waals surface area contributed by atoms with E-state index >= 15 is 0 Å². The number of nitrogens with zero attached hydrogens (tertiary/aromatic N) is 2. The lowest BCUT2D eigenvalue weighted by Gasteiger charge is -2.06. The molecular formula is C21H18N4O4. The Labute approximate surface area is 164 Å². The average molecular weight is 390 g/mol. The van der Waals surface area contributed by atoms with Crippen LogP contribution in [0.25, 0.3) is 27.5 Å². The van der Waals surface area contributed by atoms with Crippen molar-refractivity contribution in [3.63, 3.8) is 0 Å². The van der Waals surface area contributed by atoms with Crippen molar-refractivity contribution < 1.29 is 14.7 Å². The van der Waals surface area contributed by atoms with Gasteiger partial charge < -0.3 is 10.4 Å². The first-order valence-corrected chi connectivity index (χ1v) is 9.13. The van der Waals surface area contributed by atoms with Crippen LogP contribution in [0.3, 0.4) is 0 Å². The number of carbonyl (C=O) groups is 2.